The van der Waals surface area contributed by atoms with Gasteiger partial charge in [0.2, 0.25) is 5.91 Å². The summed E-state index contributed by atoms with van der Waals surface area (Å²) in [6.45, 7) is 15.9. The Morgan fingerprint density at radius 2 is 1.57 bits per heavy atom. The minimum absolute atomic E-state index is 0.0955. The second kappa shape index (κ2) is 11.3. The van der Waals surface area contributed by atoms with Crippen LogP contribution in [0.1, 0.15) is 64.2 Å². The number of nitrogens with zero attached hydrogens (tertiary/aromatic N) is 3. The molecule has 0 radical (unpaired) electrons. The smallest absolute Gasteiger partial charge is 0.405 e. The van der Waals surface area contributed by atoms with Crippen molar-refractivity contribution < 1.29 is 14.7 Å². The molecule has 0 aliphatic carbocycles. The van der Waals surface area contributed by atoms with Crippen molar-refractivity contribution >= 4 is 12.0 Å². The number of piperidine rings is 1. The van der Waals surface area contributed by atoms with Gasteiger partial charge in [-0.05, 0) is 54.8 Å². The molecule has 0 saturated carbocycles. The van der Waals surface area contributed by atoms with Gasteiger partial charge in [0.1, 0.15) is 5.54 Å². The fourth-order valence-electron chi connectivity index (χ4n) is 5.79. The molecule has 0 bridgehead atoms. The number of hydrogen-bond acceptors (Lipinski definition) is 4. The summed E-state index contributed by atoms with van der Waals surface area (Å²) in [6, 6.07) is 6.86. The van der Waals surface area contributed by atoms with Gasteiger partial charge in [-0.15, -0.1) is 0 Å². The highest BCUT2D eigenvalue weighted by molar-refractivity contribution is 5.91. The van der Waals surface area contributed by atoms with Crippen LogP contribution in [0.15, 0.2) is 18.2 Å². The molecule has 0 unspecified atom stereocenters. The molecular weight excluding hydrogens is 440 g/mol. The van der Waals surface area contributed by atoms with Crippen molar-refractivity contribution in [3.8, 4) is 0 Å². The van der Waals surface area contributed by atoms with Gasteiger partial charge in [0, 0.05) is 51.7 Å². The molecule has 0 spiro atoms. The molecule has 2 aliphatic heterocycles. The van der Waals surface area contributed by atoms with Crippen molar-refractivity contribution in [1.82, 2.24) is 20.0 Å². The van der Waals surface area contributed by atoms with Crippen LogP contribution in [0.5, 0.6) is 0 Å². The average molecular weight is 487 g/mol. The van der Waals surface area contributed by atoms with E-state index in [-0.39, 0.29) is 5.91 Å². The molecule has 196 valence electrons. The predicted molar refractivity (Wildman–Crippen MR) is 141 cm³/mol. The SMILES string of the molecule is CCc1ccc(C[C@](NC(=O)O)(C(=O)N2CCC(N3CCN(C)CC3)CC2)C(C)(C)C)cc1CC. The third-order valence-electron chi connectivity index (χ3n) is 8.27. The fourth-order valence-corrected chi connectivity index (χ4v) is 5.79. The molecule has 1 aromatic carbocycles. The quantitative estimate of drug-likeness (QED) is 0.615. The number of carbonyl (C=O) groups excluding carboxylic acids is 1. The average Bonchev–Trinajstić information content (AvgIpc) is 2.82. The summed E-state index contributed by atoms with van der Waals surface area (Å²) in [7, 11) is 2.17. The summed E-state index contributed by atoms with van der Waals surface area (Å²) in [6.07, 6.45) is 2.95. The Morgan fingerprint density at radius 1 is 0.971 bits per heavy atom. The van der Waals surface area contributed by atoms with Gasteiger partial charge in [-0.3, -0.25) is 9.69 Å². The standard InChI is InChI=1S/C28H46N4O3/c1-7-22-10-9-21(19-23(22)8-2)20-28(27(3,4)5,29-26(34)35)25(33)32-13-11-24(12-14-32)31-17-15-30(6)16-18-31/h9-10,19,24,29H,7-8,11-18,20H2,1-6H3,(H,34,35)/t28-/m0/s1. The first-order valence-corrected chi connectivity index (χ1v) is 13.3. The third kappa shape index (κ3) is 6.18. The van der Waals surface area contributed by atoms with E-state index in [9.17, 15) is 14.7 Å². The monoisotopic (exact) mass is 486 g/mol. The number of rotatable bonds is 7. The summed E-state index contributed by atoms with van der Waals surface area (Å²) in [5.41, 5.74) is 1.73. The van der Waals surface area contributed by atoms with Gasteiger partial charge in [0.05, 0.1) is 0 Å². The number of piperazine rings is 1. The number of likely N-dealkylation sites (N-methyl/N-ethyl adjacent to an activating group) is 1. The van der Waals surface area contributed by atoms with Crippen molar-refractivity contribution in [1.29, 1.82) is 0 Å². The van der Waals surface area contributed by atoms with Crippen LogP contribution in [0, 0.1) is 5.41 Å². The summed E-state index contributed by atoms with van der Waals surface area (Å²) in [4.78, 5) is 33.1. The van der Waals surface area contributed by atoms with Crippen LogP contribution < -0.4 is 5.32 Å². The number of nitrogens with one attached hydrogen (secondary N) is 1. The van der Waals surface area contributed by atoms with Crippen molar-refractivity contribution in [3.05, 3.63) is 34.9 Å². The Bertz CT molecular complexity index is 881. The van der Waals surface area contributed by atoms with E-state index in [0.29, 0.717) is 25.6 Å². The van der Waals surface area contributed by atoms with Gasteiger partial charge < -0.3 is 20.2 Å². The van der Waals surface area contributed by atoms with E-state index in [2.05, 4.69) is 54.2 Å². The van der Waals surface area contributed by atoms with Gasteiger partial charge in [0.25, 0.3) is 0 Å². The summed E-state index contributed by atoms with van der Waals surface area (Å²) in [5.74, 6) is -0.0955. The number of carbonyl (C=O) groups is 2. The van der Waals surface area contributed by atoms with Crippen LogP contribution >= 0.6 is 0 Å². The van der Waals surface area contributed by atoms with Crippen LogP contribution in [0.2, 0.25) is 0 Å². The van der Waals surface area contributed by atoms with Gasteiger partial charge in [-0.2, -0.15) is 0 Å². The van der Waals surface area contributed by atoms with Crippen LogP contribution in [0.25, 0.3) is 0 Å². The molecule has 2 fully saturated rings. The van der Waals surface area contributed by atoms with Crippen molar-refractivity contribution in [3.63, 3.8) is 0 Å². The predicted octanol–water partition coefficient (Wildman–Crippen LogP) is 3.64. The molecule has 7 nitrogen and oxygen atoms in total. The lowest BCUT2D eigenvalue weighted by atomic mass is 9.68. The van der Waals surface area contributed by atoms with E-state index >= 15 is 0 Å². The fraction of sp³-hybridized carbons (Fsp3) is 0.714. The molecule has 7 heteroatoms. The Labute approximate surface area is 211 Å². The van der Waals surface area contributed by atoms with E-state index in [1.165, 1.54) is 11.1 Å². The van der Waals surface area contributed by atoms with E-state index in [0.717, 1.165) is 57.4 Å². The molecule has 2 heterocycles. The van der Waals surface area contributed by atoms with E-state index in [4.69, 9.17) is 0 Å². The van der Waals surface area contributed by atoms with E-state index in [1.54, 1.807) is 0 Å². The van der Waals surface area contributed by atoms with Gasteiger partial charge in [-0.1, -0.05) is 52.8 Å². The van der Waals surface area contributed by atoms with Crippen molar-refractivity contribution in [2.45, 2.75) is 78.3 Å². The van der Waals surface area contributed by atoms with Crippen LogP contribution in [-0.4, -0.2) is 89.7 Å². The third-order valence-corrected chi connectivity index (χ3v) is 8.27. The summed E-state index contributed by atoms with van der Waals surface area (Å²) >= 11 is 0. The Morgan fingerprint density at radius 3 is 2.09 bits per heavy atom. The first kappa shape index (κ1) is 27.5. The maximum absolute atomic E-state index is 14.2. The van der Waals surface area contributed by atoms with E-state index in [1.807, 2.05) is 25.7 Å². The van der Waals surface area contributed by atoms with E-state index < -0.39 is 17.0 Å². The van der Waals surface area contributed by atoms with Gasteiger partial charge in [0.15, 0.2) is 0 Å². The zero-order valence-electron chi connectivity index (χ0n) is 22.7. The van der Waals surface area contributed by atoms with Crippen LogP contribution in [0.4, 0.5) is 4.79 Å². The first-order chi connectivity index (χ1) is 16.5. The van der Waals surface area contributed by atoms with Crippen molar-refractivity contribution in [2.24, 2.45) is 5.41 Å². The highest BCUT2D eigenvalue weighted by Gasteiger charge is 2.52. The highest BCUT2D eigenvalue weighted by Crippen LogP contribution is 2.37. The lowest BCUT2D eigenvalue weighted by Gasteiger charge is -2.48. The Hall–Kier alpha value is -2.12. The summed E-state index contributed by atoms with van der Waals surface area (Å²) in [5, 5.41) is 12.6. The molecule has 35 heavy (non-hydrogen) atoms. The first-order valence-electron chi connectivity index (χ1n) is 13.3. The minimum Gasteiger partial charge on any atom is -0.465 e. The Balaban J connectivity index is 1.84. The number of aryl methyl sites for hydroxylation is 2. The van der Waals surface area contributed by atoms with Gasteiger partial charge in [-0.25, -0.2) is 4.79 Å². The second-order valence-corrected chi connectivity index (χ2v) is 11.4. The zero-order chi connectivity index (χ0) is 25.8. The zero-order valence-corrected chi connectivity index (χ0v) is 22.7. The van der Waals surface area contributed by atoms with Crippen molar-refractivity contribution in [2.75, 3.05) is 46.3 Å². The number of likely N-dealkylation sites (tertiary alicyclic amines) is 1. The maximum Gasteiger partial charge on any atom is 0.405 e. The van der Waals surface area contributed by atoms with Gasteiger partial charge >= 0.3 is 6.09 Å². The largest absolute Gasteiger partial charge is 0.465 e. The topological polar surface area (TPSA) is 76.1 Å². The van der Waals surface area contributed by atoms with Crippen LogP contribution in [-0.2, 0) is 24.1 Å². The number of hydrogen-bond donors (Lipinski definition) is 2. The molecule has 2 aliphatic rings. The molecule has 1 atom stereocenters. The normalized spacial score (nSPS) is 20.5. The number of carboxylic acid groups (broad SMARTS) is 1. The summed E-state index contributed by atoms with van der Waals surface area (Å²) < 4.78 is 0. The highest BCUT2D eigenvalue weighted by atomic mass is 16.4. The molecule has 0 aromatic heterocycles. The number of amides is 2. The minimum atomic E-state index is -1.24. The maximum atomic E-state index is 14.2. The molecule has 2 saturated heterocycles. The molecule has 1 aromatic rings. The molecule has 3 rings (SSSR count). The lowest BCUT2D eigenvalue weighted by molar-refractivity contribution is -0.144. The molecule has 2 N–H and O–H groups in total. The molecular formula is C28H46N4O3. The number of benzene rings is 1. The molecule has 2 amide bonds. The Kier molecular flexibility index (Phi) is 8.86. The van der Waals surface area contributed by atoms with Crippen LogP contribution in [0.3, 0.4) is 0 Å². The second-order valence-electron chi connectivity index (χ2n) is 11.4. The lowest BCUT2D eigenvalue weighted by Crippen LogP contribution is -2.68.